The number of sulfonamides is 1. The van der Waals surface area contributed by atoms with Crippen molar-refractivity contribution < 1.29 is 8.42 Å². The quantitative estimate of drug-likeness (QED) is 0.923. The summed E-state index contributed by atoms with van der Waals surface area (Å²) in [7, 11) is -3.56. The van der Waals surface area contributed by atoms with E-state index in [9.17, 15) is 8.42 Å². The molecule has 0 saturated heterocycles. The molecule has 21 heavy (non-hydrogen) atoms. The van der Waals surface area contributed by atoms with Gasteiger partial charge in [0.15, 0.2) is 0 Å². The Kier molecular flexibility index (Phi) is 3.55. The molecule has 0 saturated carbocycles. The Morgan fingerprint density at radius 2 is 1.95 bits per heavy atom. The van der Waals surface area contributed by atoms with E-state index in [-0.39, 0.29) is 17.0 Å². The van der Waals surface area contributed by atoms with Crippen LogP contribution in [0.3, 0.4) is 0 Å². The number of rotatable bonds is 2. The number of hydrogen-bond acceptors (Lipinski definition) is 3. The second kappa shape index (κ2) is 5.12. The van der Waals surface area contributed by atoms with Crippen LogP contribution in [0.25, 0.3) is 0 Å². The van der Waals surface area contributed by atoms with Crippen LogP contribution in [0.4, 0.5) is 0 Å². The normalized spacial score (nSPS) is 23.0. The highest BCUT2D eigenvalue weighted by Gasteiger charge is 2.39. The maximum atomic E-state index is 12.9. The molecule has 1 aliphatic rings. The lowest BCUT2D eigenvalue weighted by Gasteiger charge is -2.37. The Balaban J connectivity index is 2.05. The molecule has 1 N–H and O–H groups in total. The summed E-state index contributed by atoms with van der Waals surface area (Å²) in [6, 6.07) is 5.90. The van der Waals surface area contributed by atoms with Gasteiger partial charge in [-0.05, 0) is 38.1 Å². The smallest absolute Gasteiger partial charge is 0.243 e. The maximum Gasteiger partial charge on any atom is 0.243 e. The van der Waals surface area contributed by atoms with Crippen LogP contribution in [0.2, 0.25) is 5.02 Å². The summed E-state index contributed by atoms with van der Waals surface area (Å²) in [6.45, 7) is 3.80. The Hall–Kier alpha value is -1.37. The maximum absolute atomic E-state index is 12.9. The average molecular weight is 326 g/mol. The molecule has 0 unspecified atom stereocenters. The van der Waals surface area contributed by atoms with Gasteiger partial charge < -0.3 is 0 Å². The van der Waals surface area contributed by atoms with Gasteiger partial charge in [-0.2, -0.15) is 9.40 Å². The van der Waals surface area contributed by atoms with Crippen molar-refractivity contribution in [2.75, 3.05) is 0 Å². The molecule has 0 radical (unpaired) electrons. The molecule has 1 aromatic carbocycles. The van der Waals surface area contributed by atoms with Crippen LogP contribution in [0, 0.1) is 0 Å². The number of nitrogens with one attached hydrogen (secondary N) is 1. The number of fused-ring (bicyclic) bond motifs is 1. The Morgan fingerprint density at radius 1 is 1.29 bits per heavy atom. The van der Waals surface area contributed by atoms with Crippen molar-refractivity contribution >= 4 is 21.6 Å². The van der Waals surface area contributed by atoms with Gasteiger partial charge >= 0.3 is 0 Å². The molecule has 5 nitrogen and oxygen atoms in total. The second-order valence-corrected chi connectivity index (χ2v) is 7.60. The average Bonchev–Trinajstić information content (AvgIpc) is 2.87. The first kappa shape index (κ1) is 14.6. The van der Waals surface area contributed by atoms with Crippen LogP contribution in [-0.2, 0) is 16.4 Å². The number of H-pyrrole nitrogens is 1. The van der Waals surface area contributed by atoms with Crippen LogP contribution >= 0.6 is 11.6 Å². The zero-order chi connectivity index (χ0) is 15.2. The zero-order valence-electron chi connectivity index (χ0n) is 11.7. The minimum Gasteiger partial charge on any atom is -0.282 e. The largest absolute Gasteiger partial charge is 0.282 e. The van der Waals surface area contributed by atoms with E-state index in [1.165, 1.54) is 0 Å². The van der Waals surface area contributed by atoms with E-state index in [4.69, 9.17) is 11.6 Å². The van der Waals surface area contributed by atoms with Crippen molar-refractivity contribution in [1.82, 2.24) is 14.5 Å². The summed E-state index contributed by atoms with van der Waals surface area (Å²) < 4.78 is 27.4. The lowest BCUT2D eigenvalue weighted by molar-refractivity contribution is 0.255. The molecule has 0 fully saturated rings. The summed E-state index contributed by atoms with van der Waals surface area (Å²) in [5.41, 5.74) is 1.95. The van der Waals surface area contributed by atoms with E-state index in [2.05, 4.69) is 10.2 Å². The number of halogens is 1. The van der Waals surface area contributed by atoms with Crippen molar-refractivity contribution in [1.29, 1.82) is 0 Å². The molecule has 2 atom stereocenters. The third kappa shape index (κ3) is 2.37. The number of aromatic amines is 1. The number of nitrogens with zero attached hydrogens (tertiary/aromatic N) is 2. The van der Waals surface area contributed by atoms with Gasteiger partial charge in [-0.1, -0.05) is 11.6 Å². The molecular formula is C14H16ClN3O2S. The Labute approximate surface area is 129 Å². The SMILES string of the molecule is C[C@@H]1Cc2[nH]ncc2[C@H](C)N1S(=O)(=O)c1ccc(Cl)cc1. The molecule has 3 rings (SSSR count). The third-order valence-corrected chi connectivity index (χ3v) is 6.26. The molecule has 0 spiro atoms. The van der Waals surface area contributed by atoms with E-state index in [0.717, 1.165) is 11.3 Å². The van der Waals surface area contributed by atoms with Gasteiger partial charge in [0.1, 0.15) is 0 Å². The van der Waals surface area contributed by atoms with E-state index < -0.39 is 10.0 Å². The molecule has 112 valence electrons. The third-order valence-electron chi connectivity index (χ3n) is 3.91. The van der Waals surface area contributed by atoms with Gasteiger partial charge in [-0.3, -0.25) is 5.10 Å². The highest BCUT2D eigenvalue weighted by atomic mass is 35.5. The van der Waals surface area contributed by atoms with Crippen LogP contribution in [0.1, 0.15) is 31.1 Å². The first-order chi connectivity index (χ1) is 9.91. The molecule has 2 aromatic rings. The molecule has 0 bridgehead atoms. The highest BCUT2D eigenvalue weighted by molar-refractivity contribution is 7.89. The highest BCUT2D eigenvalue weighted by Crippen LogP contribution is 2.36. The fourth-order valence-corrected chi connectivity index (χ4v) is 4.85. The molecule has 1 aromatic heterocycles. The standard InChI is InChI=1S/C14H16ClN3O2S/c1-9-7-14-13(8-16-17-14)10(2)18(9)21(19,20)12-5-3-11(15)4-6-12/h3-6,8-10H,7H2,1-2H3,(H,16,17)/t9-,10+/m1/s1. The van der Waals surface area contributed by atoms with Gasteiger partial charge in [0, 0.05) is 28.7 Å². The van der Waals surface area contributed by atoms with Crippen molar-refractivity contribution in [3.05, 3.63) is 46.7 Å². The van der Waals surface area contributed by atoms with Crippen LogP contribution in [0.15, 0.2) is 35.4 Å². The van der Waals surface area contributed by atoms with E-state index >= 15 is 0 Å². The molecular weight excluding hydrogens is 310 g/mol. The second-order valence-electron chi connectivity index (χ2n) is 5.32. The van der Waals surface area contributed by atoms with Gasteiger partial charge in [0.05, 0.1) is 17.1 Å². The first-order valence-electron chi connectivity index (χ1n) is 6.72. The van der Waals surface area contributed by atoms with E-state index in [0.29, 0.717) is 11.4 Å². The van der Waals surface area contributed by atoms with E-state index in [1.807, 2.05) is 13.8 Å². The summed E-state index contributed by atoms with van der Waals surface area (Å²) >= 11 is 5.84. The van der Waals surface area contributed by atoms with Gasteiger partial charge in [0.25, 0.3) is 0 Å². The monoisotopic (exact) mass is 325 g/mol. The minimum atomic E-state index is -3.56. The van der Waals surface area contributed by atoms with Crippen molar-refractivity contribution in [3.8, 4) is 0 Å². The Morgan fingerprint density at radius 3 is 2.62 bits per heavy atom. The topological polar surface area (TPSA) is 66.1 Å². The van der Waals surface area contributed by atoms with Crippen LogP contribution < -0.4 is 0 Å². The number of hydrogen-bond donors (Lipinski definition) is 1. The van der Waals surface area contributed by atoms with Gasteiger partial charge in [-0.25, -0.2) is 8.42 Å². The lowest BCUT2D eigenvalue weighted by Crippen LogP contribution is -2.44. The minimum absolute atomic E-state index is 0.131. The number of benzene rings is 1. The molecule has 2 heterocycles. The zero-order valence-corrected chi connectivity index (χ0v) is 13.3. The summed E-state index contributed by atoms with van der Waals surface area (Å²) in [4.78, 5) is 0.262. The predicted octanol–water partition coefficient (Wildman–Crippen LogP) is 2.76. The first-order valence-corrected chi connectivity index (χ1v) is 8.54. The Bertz CT molecular complexity index is 755. The van der Waals surface area contributed by atoms with Crippen molar-refractivity contribution in [2.24, 2.45) is 0 Å². The van der Waals surface area contributed by atoms with Crippen molar-refractivity contribution in [2.45, 2.75) is 37.2 Å². The summed E-state index contributed by atoms with van der Waals surface area (Å²) in [5.74, 6) is 0. The molecule has 1 aliphatic heterocycles. The van der Waals surface area contributed by atoms with Crippen molar-refractivity contribution in [3.63, 3.8) is 0 Å². The number of aromatic nitrogens is 2. The van der Waals surface area contributed by atoms with Crippen LogP contribution in [-0.4, -0.2) is 29.0 Å². The van der Waals surface area contributed by atoms with Gasteiger partial charge in [0.2, 0.25) is 10.0 Å². The lowest BCUT2D eigenvalue weighted by atomic mass is 9.98. The summed E-state index contributed by atoms with van der Waals surface area (Å²) in [5, 5.41) is 7.49. The van der Waals surface area contributed by atoms with Crippen LogP contribution in [0.5, 0.6) is 0 Å². The molecule has 0 aliphatic carbocycles. The van der Waals surface area contributed by atoms with E-state index in [1.54, 1.807) is 34.8 Å². The fourth-order valence-electron chi connectivity index (χ4n) is 2.92. The molecule has 0 amide bonds. The summed E-state index contributed by atoms with van der Waals surface area (Å²) in [6.07, 6.45) is 2.34. The predicted molar refractivity (Wildman–Crippen MR) is 80.6 cm³/mol. The fraction of sp³-hybridized carbons (Fsp3) is 0.357. The van der Waals surface area contributed by atoms with Gasteiger partial charge in [-0.15, -0.1) is 0 Å². The molecule has 7 heteroatoms.